The first-order valence-electron chi connectivity index (χ1n) is 5.01. The first kappa shape index (κ1) is 9.99. The van der Waals surface area contributed by atoms with E-state index in [9.17, 15) is 0 Å². The molecule has 1 saturated heterocycles. The van der Waals surface area contributed by atoms with Gasteiger partial charge in [-0.25, -0.2) is 0 Å². The Balaban J connectivity index is 2.72. The molecule has 1 atom stereocenters. The van der Waals surface area contributed by atoms with Crippen LogP contribution in [0.15, 0.2) is 11.4 Å². The van der Waals surface area contributed by atoms with Gasteiger partial charge in [-0.15, -0.1) is 0 Å². The van der Waals surface area contributed by atoms with E-state index in [0.29, 0.717) is 0 Å². The first-order chi connectivity index (χ1) is 5.74. The van der Waals surface area contributed by atoms with Crippen molar-refractivity contribution in [2.24, 2.45) is 5.92 Å². The highest BCUT2D eigenvalue weighted by atomic mass is 31.1. The summed E-state index contributed by atoms with van der Waals surface area (Å²) in [6, 6.07) is 0. The Kier molecular flexibility index (Phi) is 4.01. The van der Waals surface area contributed by atoms with Crippen LogP contribution in [0.3, 0.4) is 0 Å². The zero-order chi connectivity index (χ0) is 8.97. The second-order valence-corrected chi connectivity index (χ2v) is 6.29. The van der Waals surface area contributed by atoms with E-state index < -0.39 is 0 Å². The van der Waals surface area contributed by atoms with Crippen LogP contribution in [-0.2, 0) is 0 Å². The van der Waals surface area contributed by atoms with Crippen molar-refractivity contribution < 1.29 is 0 Å². The highest BCUT2D eigenvalue weighted by Crippen LogP contribution is 2.42. The summed E-state index contributed by atoms with van der Waals surface area (Å²) in [5, 5.41) is 1.76. The average molecular weight is 183 g/mol. The molecule has 1 aliphatic heterocycles. The van der Waals surface area contributed by atoms with Gasteiger partial charge in [-0.1, -0.05) is 13.8 Å². The molecule has 0 radical (unpaired) electrons. The van der Waals surface area contributed by atoms with Gasteiger partial charge in [0.25, 0.3) is 0 Å². The maximum absolute atomic E-state index is 2.49. The van der Waals surface area contributed by atoms with E-state index in [4.69, 9.17) is 0 Å². The summed E-state index contributed by atoms with van der Waals surface area (Å²) in [6.07, 6.45) is 8.18. The largest absolute Gasteiger partial charge is 0.122 e. The van der Waals surface area contributed by atoms with Crippen LogP contribution in [0.1, 0.15) is 40.0 Å². The first-order valence-corrected chi connectivity index (χ1v) is 6.60. The maximum Gasteiger partial charge on any atom is 0.122 e. The van der Waals surface area contributed by atoms with Gasteiger partial charge in [0.1, 0.15) is 19.0 Å². The molecule has 1 unspecified atom stereocenters. The molecule has 0 bridgehead atoms. The van der Waals surface area contributed by atoms with E-state index in [-0.39, 0.29) is 7.55 Å². The molecule has 0 nitrogen and oxygen atoms in total. The van der Waals surface area contributed by atoms with Crippen LogP contribution in [0.5, 0.6) is 0 Å². The number of rotatable bonds is 1. The Morgan fingerprint density at radius 3 is 2.67 bits per heavy atom. The molecule has 0 N–H and O–H groups in total. The van der Waals surface area contributed by atoms with Crippen LogP contribution in [0.2, 0.25) is 0 Å². The summed E-state index contributed by atoms with van der Waals surface area (Å²) >= 11 is 0. The summed E-state index contributed by atoms with van der Waals surface area (Å²) < 4.78 is 0. The van der Waals surface area contributed by atoms with Crippen LogP contribution < -0.4 is 0 Å². The minimum atomic E-state index is 0.171. The maximum atomic E-state index is 2.49. The average Bonchev–Trinajstić information content (AvgIpc) is 2.04. The minimum absolute atomic E-state index is 0.171. The van der Waals surface area contributed by atoms with Crippen molar-refractivity contribution in [1.29, 1.82) is 0 Å². The lowest BCUT2D eigenvalue weighted by atomic mass is 10.1. The number of hydrogen-bond acceptors (Lipinski definition) is 0. The quantitative estimate of drug-likeness (QED) is 0.539. The SMILES string of the molecule is CC=[P+]1CCCC/C1=C/C(C)C. The molecule has 1 rings (SSSR count). The zero-order valence-electron chi connectivity index (χ0n) is 8.51. The summed E-state index contributed by atoms with van der Waals surface area (Å²) in [5.74, 6) is 3.17. The summed E-state index contributed by atoms with van der Waals surface area (Å²) in [6.45, 7) is 6.79. The fourth-order valence-corrected chi connectivity index (χ4v) is 4.11. The standard InChI is InChI=1S/C11H20P/c1-4-12-8-6-5-7-11(12)9-10(2)3/h4,9-10H,5-8H2,1-3H3/q+1/b11-9-. The third-order valence-electron chi connectivity index (χ3n) is 2.29. The summed E-state index contributed by atoms with van der Waals surface area (Å²) in [7, 11) is 0.171. The Labute approximate surface area is 77.5 Å². The molecule has 0 aromatic carbocycles. The van der Waals surface area contributed by atoms with Gasteiger partial charge in [0.15, 0.2) is 0 Å². The molecule has 0 aliphatic carbocycles. The molecule has 12 heavy (non-hydrogen) atoms. The molecular weight excluding hydrogens is 163 g/mol. The minimum Gasteiger partial charge on any atom is -0.0591 e. The lowest BCUT2D eigenvalue weighted by Gasteiger charge is -2.08. The highest BCUT2D eigenvalue weighted by Gasteiger charge is 2.20. The third-order valence-corrected chi connectivity index (χ3v) is 4.82. The smallest absolute Gasteiger partial charge is 0.0591 e. The van der Waals surface area contributed by atoms with Gasteiger partial charge in [-0.3, -0.25) is 0 Å². The van der Waals surface area contributed by atoms with E-state index in [0.717, 1.165) is 5.92 Å². The van der Waals surface area contributed by atoms with E-state index in [1.54, 1.807) is 5.31 Å². The van der Waals surface area contributed by atoms with Gasteiger partial charge >= 0.3 is 0 Å². The van der Waals surface area contributed by atoms with Gasteiger partial charge in [-0.2, -0.15) is 0 Å². The van der Waals surface area contributed by atoms with Gasteiger partial charge in [-0.05, 0) is 31.8 Å². The van der Waals surface area contributed by atoms with Crippen molar-refractivity contribution in [3.63, 3.8) is 0 Å². The van der Waals surface area contributed by atoms with Crippen molar-refractivity contribution >= 4 is 13.3 Å². The number of hydrogen-bond donors (Lipinski definition) is 0. The fourth-order valence-electron chi connectivity index (χ4n) is 1.73. The Morgan fingerprint density at radius 1 is 1.33 bits per heavy atom. The summed E-state index contributed by atoms with van der Waals surface area (Å²) in [4.78, 5) is 0. The molecule has 1 heterocycles. The van der Waals surface area contributed by atoms with Gasteiger partial charge < -0.3 is 0 Å². The van der Waals surface area contributed by atoms with Gasteiger partial charge in [0, 0.05) is 6.42 Å². The van der Waals surface area contributed by atoms with Crippen LogP contribution in [0.25, 0.3) is 0 Å². The van der Waals surface area contributed by atoms with E-state index in [2.05, 4.69) is 32.6 Å². The number of allylic oxidation sites excluding steroid dienone is 2. The van der Waals surface area contributed by atoms with E-state index >= 15 is 0 Å². The molecule has 1 heteroatoms. The zero-order valence-corrected chi connectivity index (χ0v) is 9.40. The molecule has 0 amide bonds. The van der Waals surface area contributed by atoms with Crippen LogP contribution >= 0.6 is 7.55 Å². The third kappa shape index (κ3) is 2.75. The van der Waals surface area contributed by atoms with E-state index in [1.165, 1.54) is 25.4 Å². The summed E-state index contributed by atoms with van der Waals surface area (Å²) in [5.41, 5.74) is 0. The van der Waals surface area contributed by atoms with Crippen molar-refractivity contribution in [1.82, 2.24) is 0 Å². The molecule has 68 valence electrons. The van der Waals surface area contributed by atoms with Crippen LogP contribution in [-0.4, -0.2) is 12.0 Å². The lowest BCUT2D eigenvalue weighted by molar-refractivity contribution is 0.769. The monoisotopic (exact) mass is 183 g/mol. The van der Waals surface area contributed by atoms with E-state index in [1.807, 2.05) is 0 Å². The molecule has 0 aromatic rings. The van der Waals surface area contributed by atoms with Gasteiger partial charge in [0.05, 0.1) is 5.80 Å². The predicted molar refractivity (Wildman–Crippen MR) is 60.3 cm³/mol. The molecule has 0 spiro atoms. The molecule has 1 fully saturated rings. The second kappa shape index (κ2) is 4.82. The molecular formula is C11H20P+. The molecule has 1 aliphatic rings. The molecule has 0 saturated carbocycles. The highest BCUT2D eigenvalue weighted by molar-refractivity contribution is 7.61. The Hall–Kier alpha value is -0.0900. The Bertz CT molecular complexity index is 199. The van der Waals surface area contributed by atoms with Crippen molar-refractivity contribution in [3.05, 3.63) is 11.4 Å². The van der Waals surface area contributed by atoms with Crippen molar-refractivity contribution in [2.45, 2.75) is 40.0 Å². The van der Waals surface area contributed by atoms with Gasteiger partial charge in [0.2, 0.25) is 0 Å². The molecule has 0 aromatic heterocycles. The predicted octanol–water partition coefficient (Wildman–Crippen LogP) is 4.01. The fraction of sp³-hybridized carbons (Fsp3) is 0.727. The second-order valence-electron chi connectivity index (χ2n) is 3.81. The lowest BCUT2D eigenvalue weighted by Crippen LogP contribution is -1.95. The van der Waals surface area contributed by atoms with Crippen LogP contribution in [0, 0.1) is 5.92 Å². The Morgan fingerprint density at radius 2 is 2.08 bits per heavy atom. The van der Waals surface area contributed by atoms with Crippen molar-refractivity contribution in [3.8, 4) is 0 Å². The topological polar surface area (TPSA) is 0 Å². The normalized spacial score (nSPS) is 25.7. The van der Waals surface area contributed by atoms with Crippen molar-refractivity contribution in [2.75, 3.05) is 6.16 Å². The van der Waals surface area contributed by atoms with Crippen LogP contribution in [0.4, 0.5) is 0 Å².